The number of hydrogen-bond acceptors (Lipinski definition) is 3. The summed E-state index contributed by atoms with van der Waals surface area (Å²) in [5, 5.41) is 0. The lowest BCUT2D eigenvalue weighted by molar-refractivity contribution is -0.138. The van der Waals surface area contributed by atoms with Crippen LogP contribution in [0, 0.1) is 5.92 Å². The van der Waals surface area contributed by atoms with Gasteiger partial charge in [-0.05, 0) is 31.0 Å². The van der Waals surface area contributed by atoms with E-state index in [0.29, 0.717) is 11.5 Å². The van der Waals surface area contributed by atoms with Crippen molar-refractivity contribution in [2.75, 3.05) is 7.11 Å². The van der Waals surface area contributed by atoms with Gasteiger partial charge in [0.05, 0.1) is 13.0 Å². The molecular weight excluding hydrogens is 228 g/mol. The highest BCUT2D eigenvalue weighted by molar-refractivity contribution is 5.75. The molecule has 0 aliphatic heterocycles. The number of carbonyl (C=O) groups is 1. The van der Waals surface area contributed by atoms with Crippen molar-refractivity contribution >= 4 is 12.0 Å². The Bertz CT molecular complexity index is 435. The molecule has 3 heteroatoms. The van der Waals surface area contributed by atoms with Crippen molar-refractivity contribution in [1.82, 2.24) is 0 Å². The summed E-state index contributed by atoms with van der Waals surface area (Å²) in [6, 6.07) is 5.50. The van der Waals surface area contributed by atoms with Crippen LogP contribution in [0.25, 0.3) is 6.08 Å². The van der Waals surface area contributed by atoms with E-state index in [1.54, 1.807) is 13.2 Å². The summed E-state index contributed by atoms with van der Waals surface area (Å²) < 4.78 is 10.6. The van der Waals surface area contributed by atoms with Crippen molar-refractivity contribution in [3.8, 4) is 11.5 Å². The number of carbonyl (C=O) groups excluding carboxylic acids is 1. The van der Waals surface area contributed by atoms with Crippen LogP contribution in [0.2, 0.25) is 0 Å². The average Bonchev–Trinajstić information content (AvgIpc) is 2.39. The second kappa shape index (κ2) is 6.84. The molecule has 1 aromatic rings. The molecule has 0 amide bonds. The van der Waals surface area contributed by atoms with E-state index in [4.69, 9.17) is 9.47 Å². The van der Waals surface area contributed by atoms with Crippen molar-refractivity contribution in [3.05, 3.63) is 29.8 Å². The van der Waals surface area contributed by atoms with Gasteiger partial charge in [-0.25, -0.2) is 0 Å². The molecule has 0 saturated heterocycles. The largest absolute Gasteiger partial charge is 0.493 e. The number of hydrogen-bond donors (Lipinski definition) is 0. The van der Waals surface area contributed by atoms with Crippen molar-refractivity contribution in [2.45, 2.75) is 27.2 Å². The molecule has 0 spiro atoms. The Kier molecular flexibility index (Phi) is 5.43. The smallest absolute Gasteiger partial charge is 0.314 e. The van der Waals surface area contributed by atoms with Crippen LogP contribution < -0.4 is 9.47 Å². The van der Waals surface area contributed by atoms with Gasteiger partial charge in [0, 0.05) is 0 Å². The quantitative estimate of drug-likeness (QED) is 0.589. The van der Waals surface area contributed by atoms with E-state index in [1.165, 1.54) is 0 Å². The van der Waals surface area contributed by atoms with Gasteiger partial charge in [0.1, 0.15) is 0 Å². The second-order valence-electron chi connectivity index (χ2n) is 4.14. The standard InChI is InChI=1S/C15H20O3/c1-5-7-12-8-9-13(14(10-12)17-4)18-15(16)11(3)6-2/h5,7-11H,6H2,1-4H3/b7-5-. The van der Waals surface area contributed by atoms with Crippen molar-refractivity contribution in [2.24, 2.45) is 5.92 Å². The topological polar surface area (TPSA) is 35.5 Å². The fraction of sp³-hybridized carbons (Fsp3) is 0.400. The fourth-order valence-electron chi connectivity index (χ4n) is 1.44. The minimum Gasteiger partial charge on any atom is -0.493 e. The molecule has 0 aromatic heterocycles. The van der Waals surface area contributed by atoms with Crippen LogP contribution in [0.15, 0.2) is 24.3 Å². The first-order chi connectivity index (χ1) is 8.62. The third kappa shape index (κ3) is 3.62. The van der Waals surface area contributed by atoms with Crippen LogP contribution in [0.4, 0.5) is 0 Å². The summed E-state index contributed by atoms with van der Waals surface area (Å²) in [5.41, 5.74) is 1.01. The fourth-order valence-corrected chi connectivity index (χ4v) is 1.44. The maximum atomic E-state index is 11.7. The molecule has 0 aliphatic carbocycles. The molecular formula is C15H20O3. The summed E-state index contributed by atoms with van der Waals surface area (Å²) in [4.78, 5) is 11.7. The molecule has 0 bridgehead atoms. The SMILES string of the molecule is C/C=C\c1ccc(OC(=O)C(C)CC)c(OC)c1. The Labute approximate surface area is 108 Å². The summed E-state index contributed by atoms with van der Waals surface area (Å²) >= 11 is 0. The van der Waals surface area contributed by atoms with E-state index in [2.05, 4.69) is 0 Å². The number of methoxy groups -OCH3 is 1. The number of ether oxygens (including phenoxy) is 2. The van der Waals surface area contributed by atoms with Gasteiger partial charge in [-0.2, -0.15) is 0 Å². The van der Waals surface area contributed by atoms with E-state index in [9.17, 15) is 4.79 Å². The summed E-state index contributed by atoms with van der Waals surface area (Å²) in [5.74, 6) is 0.706. The van der Waals surface area contributed by atoms with Crippen LogP contribution in [0.5, 0.6) is 11.5 Å². The van der Waals surface area contributed by atoms with Gasteiger partial charge in [0.15, 0.2) is 11.5 Å². The molecule has 0 saturated carbocycles. The Morgan fingerprint density at radius 3 is 2.67 bits per heavy atom. The molecule has 0 aliphatic rings. The molecule has 1 atom stereocenters. The number of allylic oxidation sites excluding steroid dienone is 1. The predicted molar refractivity (Wildman–Crippen MR) is 72.8 cm³/mol. The molecule has 98 valence electrons. The van der Waals surface area contributed by atoms with Gasteiger partial charge < -0.3 is 9.47 Å². The average molecular weight is 248 g/mol. The van der Waals surface area contributed by atoms with Crippen molar-refractivity contribution < 1.29 is 14.3 Å². The predicted octanol–water partition coefficient (Wildman–Crippen LogP) is 3.68. The van der Waals surface area contributed by atoms with Crippen LogP contribution in [0.1, 0.15) is 32.8 Å². The van der Waals surface area contributed by atoms with Crippen LogP contribution >= 0.6 is 0 Å². The zero-order valence-corrected chi connectivity index (χ0v) is 11.4. The first-order valence-electron chi connectivity index (χ1n) is 6.14. The maximum absolute atomic E-state index is 11.7. The molecule has 3 nitrogen and oxygen atoms in total. The highest BCUT2D eigenvalue weighted by Gasteiger charge is 2.15. The van der Waals surface area contributed by atoms with Gasteiger partial charge in [-0.15, -0.1) is 0 Å². The van der Waals surface area contributed by atoms with E-state index in [1.807, 2.05) is 45.1 Å². The Hall–Kier alpha value is -1.77. The minimum absolute atomic E-state index is 0.107. The number of esters is 1. The summed E-state index contributed by atoms with van der Waals surface area (Å²) in [7, 11) is 1.56. The normalized spacial score (nSPS) is 12.4. The van der Waals surface area contributed by atoms with Gasteiger partial charge in [0.25, 0.3) is 0 Å². The molecule has 0 fully saturated rings. The highest BCUT2D eigenvalue weighted by Crippen LogP contribution is 2.29. The second-order valence-corrected chi connectivity index (χ2v) is 4.14. The minimum atomic E-state index is -0.227. The van der Waals surface area contributed by atoms with Crippen LogP contribution in [-0.4, -0.2) is 13.1 Å². The first-order valence-corrected chi connectivity index (χ1v) is 6.14. The lowest BCUT2D eigenvalue weighted by Crippen LogP contribution is -2.17. The molecule has 18 heavy (non-hydrogen) atoms. The van der Waals surface area contributed by atoms with Crippen LogP contribution in [0.3, 0.4) is 0 Å². The molecule has 1 unspecified atom stereocenters. The summed E-state index contributed by atoms with van der Waals surface area (Å²) in [6.07, 6.45) is 4.67. The molecule has 0 heterocycles. The first kappa shape index (κ1) is 14.3. The molecule has 0 radical (unpaired) electrons. The third-order valence-corrected chi connectivity index (χ3v) is 2.77. The molecule has 0 N–H and O–H groups in total. The van der Waals surface area contributed by atoms with E-state index >= 15 is 0 Å². The Balaban J connectivity index is 2.92. The van der Waals surface area contributed by atoms with Crippen molar-refractivity contribution in [3.63, 3.8) is 0 Å². The number of benzene rings is 1. The molecule has 1 rings (SSSR count). The third-order valence-electron chi connectivity index (χ3n) is 2.77. The zero-order chi connectivity index (χ0) is 13.5. The van der Waals surface area contributed by atoms with Crippen LogP contribution in [-0.2, 0) is 4.79 Å². The lowest BCUT2D eigenvalue weighted by Gasteiger charge is -2.12. The lowest BCUT2D eigenvalue weighted by atomic mass is 10.1. The highest BCUT2D eigenvalue weighted by atomic mass is 16.6. The monoisotopic (exact) mass is 248 g/mol. The zero-order valence-electron chi connectivity index (χ0n) is 11.4. The Morgan fingerprint density at radius 2 is 2.11 bits per heavy atom. The van der Waals surface area contributed by atoms with E-state index < -0.39 is 0 Å². The van der Waals surface area contributed by atoms with E-state index in [-0.39, 0.29) is 11.9 Å². The van der Waals surface area contributed by atoms with Gasteiger partial charge in [0.2, 0.25) is 0 Å². The van der Waals surface area contributed by atoms with Gasteiger partial charge >= 0.3 is 5.97 Å². The maximum Gasteiger partial charge on any atom is 0.314 e. The Morgan fingerprint density at radius 1 is 1.39 bits per heavy atom. The van der Waals surface area contributed by atoms with Gasteiger partial charge in [-0.1, -0.05) is 32.1 Å². The van der Waals surface area contributed by atoms with E-state index in [0.717, 1.165) is 12.0 Å². The van der Waals surface area contributed by atoms with Crippen molar-refractivity contribution in [1.29, 1.82) is 0 Å². The summed E-state index contributed by atoms with van der Waals surface area (Å²) in [6.45, 7) is 5.75. The molecule has 1 aromatic carbocycles. The van der Waals surface area contributed by atoms with Gasteiger partial charge in [-0.3, -0.25) is 4.79 Å². The number of rotatable bonds is 5.